The smallest absolute Gasteiger partial charge is 0.227 e. The number of aryl methyl sites for hydroxylation is 4. The minimum atomic E-state index is 0.233. The van der Waals surface area contributed by atoms with Gasteiger partial charge in [0, 0.05) is 22.5 Å². The van der Waals surface area contributed by atoms with E-state index in [1.165, 1.54) is 49.8 Å². The van der Waals surface area contributed by atoms with Gasteiger partial charge in [0.25, 0.3) is 0 Å². The lowest BCUT2D eigenvalue weighted by atomic mass is 9.87. The number of hydrogen-bond acceptors (Lipinski definition) is 4. The van der Waals surface area contributed by atoms with Crippen LogP contribution in [0.2, 0.25) is 0 Å². The minimum Gasteiger partial charge on any atom is -0.437 e. The molecule has 5 nitrogen and oxygen atoms in total. The summed E-state index contributed by atoms with van der Waals surface area (Å²) in [6.07, 6.45) is 1.86. The van der Waals surface area contributed by atoms with Crippen molar-refractivity contribution in [1.82, 2.24) is 19.5 Å². The molecule has 0 unspecified atom stereocenters. The summed E-state index contributed by atoms with van der Waals surface area (Å²) in [4.78, 5) is 15.4. The Bertz CT molecular complexity index is 2890. The third kappa shape index (κ3) is 5.33. The molecule has 4 aromatic heterocycles. The number of imidazole rings is 1. The molecule has 5 aromatic carbocycles. The van der Waals surface area contributed by atoms with Gasteiger partial charge in [-0.1, -0.05) is 88.4 Å². The average Bonchev–Trinajstić information content (AvgIpc) is 3.74. The van der Waals surface area contributed by atoms with Crippen molar-refractivity contribution in [3.8, 4) is 39.5 Å². The van der Waals surface area contributed by atoms with Gasteiger partial charge in [-0.3, -0.25) is 9.55 Å². The van der Waals surface area contributed by atoms with Crippen LogP contribution in [-0.2, 0) is 0 Å². The fourth-order valence-corrected chi connectivity index (χ4v) is 8.39. The molecule has 0 atom stereocenters. The maximum absolute atomic E-state index is 6.87. The molecule has 54 heavy (non-hydrogen) atoms. The third-order valence-corrected chi connectivity index (χ3v) is 11.1. The number of fused-ring (bicyclic) bond motifs is 5. The Hall–Kier alpha value is -6.07. The highest BCUT2D eigenvalue weighted by Crippen LogP contribution is 2.44. The Morgan fingerprint density at radius 1 is 0.630 bits per heavy atom. The summed E-state index contributed by atoms with van der Waals surface area (Å²) in [5.41, 5.74) is 16.9. The molecular formula is C49H44N4O. The summed E-state index contributed by atoms with van der Waals surface area (Å²) < 4.78 is 9.24. The summed E-state index contributed by atoms with van der Waals surface area (Å²) in [5.74, 6) is 1.30. The van der Waals surface area contributed by atoms with Crippen LogP contribution in [0.1, 0.15) is 73.0 Å². The minimum absolute atomic E-state index is 0.233. The van der Waals surface area contributed by atoms with Gasteiger partial charge in [-0.25, -0.2) is 9.97 Å². The van der Waals surface area contributed by atoms with Gasteiger partial charge in [0.15, 0.2) is 0 Å². The number of benzene rings is 5. The quantitative estimate of drug-likeness (QED) is 0.173. The van der Waals surface area contributed by atoms with Gasteiger partial charge in [-0.05, 0) is 132 Å². The van der Waals surface area contributed by atoms with Gasteiger partial charge < -0.3 is 4.42 Å². The normalized spacial score (nSPS) is 12.0. The van der Waals surface area contributed by atoms with E-state index < -0.39 is 0 Å². The fraction of sp³-hybridized carbons (Fsp3) is 0.204. The highest BCUT2D eigenvalue weighted by Gasteiger charge is 2.27. The molecule has 0 saturated carbocycles. The SMILES string of the molecule is Cc1cccc(C)c1-c1ccc2c(n1)oc1c(-c3nc4ccnc(C)c4n3-c3c(C(C)C)cc(-c4ccc5ccccc5c4)cc3C(C)C)ccc(C)c12. The molecule has 0 aliphatic heterocycles. The van der Waals surface area contributed by atoms with Crippen molar-refractivity contribution in [1.29, 1.82) is 0 Å². The number of nitrogens with zero attached hydrogens (tertiary/aromatic N) is 4. The number of hydrogen-bond donors (Lipinski definition) is 0. The van der Waals surface area contributed by atoms with E-state index in [1.54, 1.807) is 0 Å². The maximum atomic E-state index is 6.87. The molecule has 0 radical (unpaired) electrons. The third-order valence-electron chi connectivity index (χ3n) is 11.1. The molecule has 0 saturated heterocycles. The molecule has 0 N–H and O–H groups in total. The maximum Gasteiger partial charge on any atom is 0.227 e. The first kappa shape index (κ1) is 33.7. The largest absolute Gasteiger partial charge is 0.437 e. The van der Waals surface area contributed by atoms with Gasteiger partial charge in [-0.2, -0.15) is 0 Å². The molecule has 0 bridgehead atoms. The van der Waals surface area contributed by atoms with Gasteiger partial charge >= 0.3 is 0 Å². The van der Waals surface area contributed by atoms with Crippen molar-refractivity contribution < 1.29 is 4.42 Å². The second-order valence-corrected chi connectivity index (χ2v) is 15.5. The molecule has 0 fully saturated rings. The van der Waals surface area contributed by atoms with Crippen molar-refractivity contribution in [2.45, 2.75) is 67.2 Å². The predicted molar refractivity (Wildman–Crippen MR) is 225 cm³/mol. The van der Waals surface area contributed by atoms with Crippen molar-refractivity contribution in [2.24, 2.45) is 0 Å². The summed E-state index contributed by atoms with van der Waals surface area (Å²) in [6, 6.07) is 37.2. The lowest BCUT2D eigenvalue weighted by molar-refractivity contribution is 0.655. The first-order valence-electron chi connectivity index (χ1n) is 19.0. The first-order valence-corrected chi connectivity index (χ1v) is 19.0. The van der Waals surface area contributed by atoms with E-state index in [1.807, 2.05) is 12.3 Å². The van der Waals surface area contributed by atoms with E-state index in [0.29, 0.717) is 5.71 Å². The van der Waals surface area contributed by atoms with E-state index in [0.717, 1.165) is 61.3 Å². The molecule has 4 heterocycles. The van der Waals surface area contributed by atoms with E-state index >= 15 is 0 Å². The van der Waals surface area contributed by atoms with Crippen LogP contribution in [0, 0.1) is 27.7 Å². The Morgan fingerprint density at radius 3 is 2.07 bits per heavy atom. The zero-order valence-electron chi connectivity index (χ0n) is 32.2. The second-order valence-electron chi connectivity index (χ2n) is 15.5. The monoisotopic (exact) mass is 704 g/mol. The fourth-order valence-electron chi connectivity index (χ4n) is 8.39. The van der Waals surface area contributed by atoms with Crippen LogP contribution in [0.25, 0.3) is 83.3 Å². The standard InChI is InChI=1S/C49H44N4O/c1-27(2)39-25-36(35-18-17-33-14-9-10-15-34(33)24-35)26-40(28(3)4)46(39)53-45-32(8)50-23-22-42(45)51-48(53)38-19-16-31(7)44-37-20-21-41(52-49(37)54-47(38)44)43-29(5)12-11-13-30(43)6/h9-28H,1-8H3. The Labute approximate surface area is 316 Å². The van der Waals surface area contributed by atoms with E-state index in [9.17, 15) is 0 Å². The Kier molecular flexibility index (Phi) is 8.00. The van der Waals surface area contributed by atoms with Crippen LogP contribution in [-0.4, -0.2) is 19.5 Å². The number of furan rings is 1. The molecule has 0 aliphatic carbocycles. The topological polar surface area (TPSA) is 56.7 Å². The highest BCUT2D eigenvalue weighted by molar-refractivity contribution is 6.10. The predicted octanol–water partition coefficient (Wildman–Crippen LogP) is 13.3. The van der Waals surface area contributed by atoms with Gasteiger partial charge in [0.05, 0.1) is 33.7 Å². The zero-order valence-corrected chi connectivity index (χ0v) is 32.2. The number of rotatable bonds is 6. The molecule has 9 aromatic rings. The highest BCUT2D eigenvalue weighted by atomic mass is 16.3. The van der Waals surface area contributed by atoms with Crippen molar-refractivity contribution in [2.75, 3.05) is 0 Å². The van der Waals surface area contributed by atoms with E-state index in [4.69, 9.17) is 19.4 Å². The van der Waals surface area contributed by atoms with Crippen molar-refractivity contribution in [3.63, 3.8) is 0 Å². The molecule has 0 amide bonds. The van der Waals surface area contributed by atoms with E-state index in [-0.39, 0.29) is 11.8 Å². The van der Waals surface area contributed by atoms with E-state index in [2.05, 4.69) is 157 Å². The van der Waals surface area contributed by atoms with Crippen LogP contribution in [0.15, 0.2) is 114 Å². The van der Waals surface area contributed by atoms with Crippen molar-refractivity contribution >= 4 is 43.9 Å². The van der Waals surface area contributed by atoms with Gasteiger partial charge in [-0.15, -0.1) is 0 Å². The summed E-state index contributed by atoms with van der Waals surface area (Å²) >= 11 is 0. The zero-order chi connectivity index (χ0) is 37.4. The Morgan fingerprint density at radius 2 is 1.35 bits per heavy atom. The first-order chi connectivity index (χ1) is 26.1. The summed E-state index contributed by atoms with van der Waals surface area (Å²) in [7, 11) is 0. The van der Waals surface area contributed by atoms with Crippen LogP contribution in [0.5, 0.6) is 0 Å². The number of aromatic nitrogens is 4. The molecule has 0 aliphatic rings. The second kappa shape index (κ2) is 12.8. The number of pyridine rings is 2. The molecule has 266 valence electrons. The molecule has 5 heteroatoms. The van der Waals surface area contributed by atoms with Crippen LogP contribution in [0.3, 0.4) is 0 Å². The average molecular weight is 705 g/mol. The van der Waals surface area contributed by atoms with Gasteiger partial charge in [0.1, 0.15) is 11.4 Å². The molecule has 0 spiro atoms. The van der Waals surface area contributed by atoms with Crippen LogP contribution < -0.4 is 0 Å². The molecule has 9 rings (SSSR count). The van der Waals surface area contributed by atoms with Crippen LogP contribution in [0.4, 0.5) is 0 Å². The Balaban J connectivity index is 1.33. The van der Waals surface area contributed by atoms with Crippen molar-refractivity contribution in [3.05, 3.63) is 143 Å². The summed E-state index contributed by atoms with van der Waals surface area (Å²) in [6.45, 7) is 17.7. The summed E-state index contributed by atoms with van der Waals surface area (Å²) in [5, 5.41) is 4.56. The molecular weight excluding hydrogens is 661 g/mol. The lowest BCUT2D eigenvalue weighted by Crippen LogP contribution is -2.10. The van der Waals surface area contributed by atoms with Crippen LogP contribution >= 0.6 is 0 Å². The van der Waals surface area contributed by atoms with Gasteiger partial charge in [0.2, 0.25) is 5.71 Å². The lowest BCUT2D eigenvalue weighted by Gasteiger charge is -2.24.